The second-order valence-electron chi connectivity index (χ2n) is 4.32. The second-order valence-corrected chi connectivity index (χ2v) is 6.07. The van der Waals surface area contributed by atoms with E-state index < -0.39 is 15.6 Å². The molecule has 1 saturated carbocycles. The number of hydrogen-bond acceptors (Lipinski definition) is 2. The maximum absolute atomic E-state index is 12.8. The van der Waals surface area contributed by atoms with E-state index in [2.05, 4.69) is 4.72 Å². The number of benzene rings is 1. The van der Waals surface area contributed by atoms with Crippen LogP contribution in [0, 0.1) is 5.82 Å². The Morgan fingerprint density at radius 2 is 1.81 bits per heavy atom. The van der Waals surface area contributed by atoms with Crippen molar-refractivity contribution in [2.24, 2.45) is 0 Å². The van der Waals surface area contributed by atoms with Crippen molar-refractivity contribution < 1.29 is 12.8 Å². The summed E-state index contributed by atoms with van der Waals surface area (Å²) in [7, 11) is -3.24. The molecule has 2 rings (SSSR count). The van der Waals surface area contributed by atoms with Crippen LogP contribution in [0.3, 0.4) is 0 Å². The van der Waals surface area contributed by atoms with Gasteiger partial charge in [0.2, 0.25) is 10.0 Å². The van der Waals surface area contributed by atoms with Gasteiger partial charge in [-0.2, -0.15) is 0 Å². The van der Waals surface area contributed by atoms with Gasteiger partial charge in [-0.3, -0.25) is 0 Å². The van der Waals surface area contributed by atoms with Gasteiger partial charge in [0.25, 0.3) is 0 Å². The van der Waals surface area contributed by atoms with E-state index in [1.165, 1.54) is 12.1 Å². The molecular weight excluding hydrogens is 229 g/mol. The van der Waals surface area contributed by atoms with Crippen LogP contribution in [0.4, 0.5) is 4.39 Å². The first-order valence-electron chi connectivity index (χ1n) is 5.16. The smallest absolute Gasteiger partial charge is 0.209 e. The summed E-state index contributed by atoms with van der Waals surface area (Å²) in [5.74, 6) is -0.308. The Kier molecular flexibility index (Phi) is 2.75. The molecule has 0 atom stereocenters. The lowest BCUT2D eigenvalue weighted by atomic mass is 9.73. The van der Waals surface area contributed by atoms with Crippen LogP contribution in [0.15, 0.2) is 24.3 Å². The molecule has 0 heterocycles. The number of halogens is 1. The highest BCUT2D eigenvalue weighted by molar-refractivity contribution is 7.88. The van der Waals surface area contributed by atoms with E-state index in [0.717, 1.165) is 31.1 Å². The third-order valence-electron chi connectivity index (χ3n) is 2.98. The molecule has 5 heteroatoms. The maximum Gasteiger partial charge on any atom is 0.209 e. The van der Waals surface area contributed by atoms with E-state index in [-0.39, 0.29) is 5.82 Å². The summed E-state index contributed by atoms with van der Waals surface area (Å²) in [6.07, 6.45) is 3.67. The van der Waals surface area contributed by atoms with Gasteiger partial charge >= 0.3 is 0 Å². The summed E-state index contributed by atoms with van der Waals surface area (Å²) < 4.78 is 38.0. The van der Waals surface area contributed by atoms with Gasteiger partial charge in [-0.25, -0.2) is 17.5 Å². The highest BCUT2D eigenvalue weighted by Gasteiger charge is 2.40. The summed E-state index contributed by atoms with van der Waals surface area (Å²) in [6.45, 7) is 0. The van der Waals surface area contributed by atoms with Crippen molar-refractivity contribution in [3.63, 3.8) is 0 Å². The van der Waals surface area contributed by atoms with Gasteiger partial charge in [-0.1, -0.05) is 12.1 Å². The van der Waals surface area contributed by atoms with Crippen molar-refractivity contribution >= 4 is 10.0 Å². The molecular formula is C11H14FNO2S. The molecule has 1 N–H and O–H groups in total. The Bertz CT molecular complexity index is 477. The molecule has 1 aromatic carbocycles. The molecule has 0 bridgehead atoms. The maximum atomic E-state index is 12.8. The zero-order valence-electron chi connectivity index (χ0n) is 9.03. The van der Waals surface area contributed by atoms with E-state index in [1.807, 2.05) is 0 Å². The molecule has 88 valence electrons. The molecule has 0 aliphatic heterocycles. The topological polar surface area (TPSA) is 46.2 Å². The lowest BCUT2D eigenvalue weighted by Gasteiger charge is -2.42. The van der Waals surface area contributed by atoms with Crippen molar-refractivity contribution in [2.45, 2.75) is 24.8 Å². The fourth-order valence-corrected chi connectivity index (χ4v) is 3.14. The molecule has 3 nitrogen and oxygen atoms in total. The van der Waals surface area contributed by atoms with Crippen LogP contribution in [0.1, 0.15) is 24.8 Å². The van der Waals surface area contributed by atoms with E-state index in [0.29, 0.717) is 0 Å². The van der Waals surface area contributed by atoms with Crippen LogP contribution < -0.4 is 4.72 Å². The van der Waals surface area contributed by atoms with Crippen molar-refractivity contribution in [3.8, 4) is 0 Å². The average molecular weight is 243 g/mol. The summed E-state index contributed by atoms with van der Waals surface area (Å²) in [6, 6.07) is 6.01. The molecule has 0 spiro atoms. The lowest BCUT2D eigenvalue weighted by molar-refractivity contribution is 0.225. The standard InChI is InChI=1S/C11H14FNO2S/c1-16(14,15)13-11(7-2-8-11)9-3-5-10(12)6-4-9/h3-6,13H,2,7-8H2,1H3. The van der Waals surface area contributed by atoms with Crippen molar-refractivity contribution in [2.75, 3.05) is 6.26 Å². The quantitative estimate of drug-likeness (QED) is 0.879. The van der Waals surface area contributed by atoms with Gasteiger partial charge in [0.1, 0.15) is 5.82 Å². The van der Waals surface area contributed by atoms with Crippen LogP contribution in [-0.2, 0) is 15.6 Å². The minimum atomic E-state index is -3.24. The van der Waals surface area contributed by atoms with Crippen molar-refractivity contribution in [1.29, 1.82) is 0 Å². The highest BCUT2D eigenvalue weighted by Crippen LogP contribution is 2.41. The summed E-state index contributed by atoms with van der Waals surface area (Å²) in [4.78, 5) is 0. The Balaban J connectivity index is 2.31. The fourth-order valence-electron chi connectivity index (χ4n) is 2.10. The van der Waals surface area contributed by atoms with Crippen LogP contribution in [-0.4, -0.2) is 14.7 Å². The molecule has 1 aliphatic carbocycles. The first-order chi connectivity index (χ1) is 7.41. The normalized spacial score (nSPS) is 19.1. The Labute approximate surface area is 94.7 Å². The summed E-state index contributed by atoms with van der Waals surface area (Å²) in [5, 5.41) is 0. The molecule has 1 aromatic rings. The minimum Gasteiger partial charge on any atom is -0.213 e. The average Bonchev–Trinajstić information content (AvgIpc) is 2.11. The first kappa shape index (κ1) is 11.5. The predicted octanol–water partition coefficient (Wildman–Crippen LogP) is 1.75. The van der Waals surface area contributed by atoms with Crippen LogP contribution in [0.2, 0.25) is 0 Å². The second kappa shape index (κ2) is 3.82. The van der Waals surface area contributed by atoms with Gasteiger partial charge < -0.3 is 0 Å². The molecule has 0 aromatic heterocycles. The lowest BCUT2D eigenvalue weighted by Crippen LogP contribution is -2.50. The molecule has 0 unspecified atom stereocenters. The zero-order valence-corrected chi connectivity index (χ0v) is 9.85. The molecule has 0 saturated heterocycles. The predicted molar refractivity (Wildman–Crippen MR) is 59.9 cm³/mol. The zero-order chi connectivity index (χ0) is 11.8. The molecule has 1 aliphatic rings. The molecule has 0 radical (unpaired) electrons. The van der Waals surface area contributed by atoms with E-state index in [4.69, 9.17) is 0 Å². The van der Waals surface area contributed by atoms with Gasteiger partial charge in [0, 0.05) is 0 Å². The summed E-state index contributed by atoms with van der Waals surface area (Å²) >= 11 is 0. The minimum absolute atomic E-state index is 0.308. The van der Waals surface area contributed by atoms with Gasteiger partial charge in [-0.05, 0) is 37.0 Å². The van der Waals surface area contributed by atoms with Gasteiger partial charge in [0.05, 0.1) is 11.8 Å². The highest BCUT2D eigenvalue weighted by atomic mass is 32.2. The largest absolute Gasteiger partial charge is 0.213 e. The number of rotatable bonds is 3. The Morgan fingerprint density at radius 3 is 2.19 bits per heavy atom. The van der Waals surface area contributed by atoms with Crippen molar-refractivity contribution in [1.82, 2.24) is 4.72 Å². The van der Waals surface area contributed by atoms with E-state index >= 15 is 0 Å². The summed E-state index contributed by atoms with van der Waals surface area (Å²) in [5.41, 5.74) is 0.326. The van der Waals surface area contributed by atoms with Crippen LogP contribution in [0.25, 0.3) is 0 Å². The Morgan fingerprint density at radius 1 is 1.25 bits per heavy atom. The fraction of sp³-hybridized carbons (Fsp3) is 0.455. The van der Waals surface area contributed by atoms with E-state index in [1.54, 1.807) is 12.1 Å². The molecule has 1 fully saturated rings. The first-order valence-corrected chi connectivity index (χ1v) is 7.05. The number of hydrogen-bond donors (Lipinski definition) is 1. The van der Waals surface area contributed by atoms with Gasteiger partial charge in [-0.15, -0.1) is 0 Å². The number of nitrogens with one attached hydrogen (secondary N) is 1. The van der Waals surface area contributed by atoms with Gasteiger partial charge in [0.15, 0.2) is 0 Å². The monoisotopic (exact) mass is 243 g/mol. The number of sulfonamides is 1. The Hall–Kier alpha value is -0.940. The third-order valence-corrected chi connectivity index (χ3v) is 3.75. The molecule has 16 heavy (non-hydrogen) atoms. The third kappa shape index (κ3) is 2.25. The SMILES string of the molecule is CS(=O)(=O)NC1(c2ccc(F)cc2)CCC1. The van der Waals surface area contributed by atoms with E-state index in [9.17, 15) is 12.8 Å². The van der Waals surface area contributed by atoms with Crippen molar-refractivity contribution in [3.05, 3.63) is 35.6 Å². The van der Waals surface area contributed by atoms with Crippen LogP contribution >= 0.6 is 0 Å². The van der Waals surface area contributed by atoms with Crippen LogP contribution in [0.5, 0.6) is 0 Å². The molecule has 0 amide bonds.